The van der Waals surface area contributed by atoms with Crippen LogP contribution in [-0.2, 0) is 50.3 Å². The van der Waals surface area contributed by atoms with Crippen molar-refractivity contribution in [1.82, 2.24) is 24.3 Å². The van der Waals surface area contributed by atoms with Gasteiger partial charge in [0.25, 0.3) is 0 Å². The number of oxime groups is 1. The van der Waals surface area contributed by atoms with E-state index in [1.165, 1.54) is 42.3 Å². The summed E-state index contributed by atoms with van der Waals surface area (Å²) in [7, 11) is -5.08. The molecule has 2 aromatic heterocycles. The van der Waals surface area contributed by atoms with E-state index in [1.54, 1.807) is 41.5 Å². The molecule has 2 amide bonds. The van der Waals surface area contributed by atoms with Gasteiger partial charge in [0.1, 0.15) is 22.6 Å². The second-order valence-corrected chi connectivity index (χ2v) is 16.4. The Labute approximate surface area is 302 Å². The Balaban J connectivity index is 1.62. The summed E-state index contributed by atoms with van der Waals surface area (Å²) in [5.41, 5.74) is -3.38. The smallest absolute Gasteiger partial charge is 0.413 e. The number of rotatable bonds is 12. The number of β-lactam (4-membered cyclic amide) rings is 1. The normalized spacial score (nSPS) is 18.6. The van der Waals surface area contributed by atoms with Crippen LogP contribution in [0.4, 0.5) is 9.93 Å². The van der Waals surface area contributed by atoms with Crippen LogP contribution in [-0.4, -0.2) is 100 Å². The van der Waals surface area contributed by atoms with Crippen molar-refractivity contribution >= 4 is 67.6 Å². The number of nitrogens with one attached hydrogen (secondary N) is 1. The average molecular weight is 766 g/mol. The highest BCUT2D eigenvalue weighted by atomic mass is 32.2. The predicted molar refractivity (Wildman–Crippen MR) is 183 cm³/mol. The summed E-state index contributed by atoms with van der Waals surface area (Å²) in [5, 5.41) is 25.2. The molecule has 0 aromatic carbocycles. The lowest BCUT2D eigenvalue weighted by Crippen LogP contribution is -2.64. The number of esters is 1. The van der Waals surface area contributed by atoms with Gasteiger partial charge >= 0.3 is 22.4 Å². The molecule has 52 heavy (non-hydrogen) atoms. The van der Waals surface area contributed by atoms with Gasteiger partial charge in [0.05, 0.1) is 24.7 Å². The third kappa shape index (κ3) is 9.85. The van der Waals surface area contributed by atoms with E-state index in [4.69, 9.17) is 14.3 Å². The van der Waals surface area contributed by atoms with Gasteiger partial charge in [-0.3, -0.25) is 24.3 Å². The fourth-order valence-electron chi connectivity index (χ4n) is 4.75. The van der Waals surface area contributed by atoms with E-state index in [2.05, 4.69) is 25.8 Å². The lowest BCUT2D eigenvalue weighted by Gasteiger charge is -2.43. The van der Waals surface area contributed by atoms with Crippen LogP contribution < -0.4 is 5.32 Å². The highest BCUT2D eigenvalue weighted by Crippen LogP contribution is 2.34. The van der Waals surface area contributed by atoms with Gasteiger partial charge in [-0.1, -0.05) is 10.4 Å². The molecule has 3 heterocycles. The van der Waals surface area contributed by atoms with Gasteiger partial charge in [0.2, 0.25) is 17.3 Å². The summed E-state index contributed by atoms with van der Waals surface area (Å²) in [4.78, 5) is 73.8. The molecule has 21 heteroatoms. The first kappa shape index (κ1) is 39.8. The number of aliphatic hydroxyl groups is 1. The Kier molecular flexibility index (Phi) is 11.1. The third-order valence-corrected chi connectivity index (χ3v) is 8.85. The Morgan fingerprint density at radius 2 is 1.73 bits per heavy atom. The third-order valence-electron chi connectivity index (χ3n) is 7.14. The standard InChI is InChI=1S/C31H39N7O12S2/c1-29(2,3)48-26(43)31(7,8)50-35-24(19-15-51-27(32-19)33-28(44)49-30(4,5)6)23(41)12-17-20(38(25(17)42)52(45,46)47)14-37-13-18(34-36-37)16-9-10-21(39)22(40)11-16/h10-11,13,15,17,20,39H,9,12,14H2,1-8H3,(H,32,33,44)(H,45,46,47)/b35-24-/t17-,20+/m0/s1. The summed E-state index contributed by atoms with van der Waals surface area (Å²) < 4.78 is 46.2. The first-order valence-corrected chi connectivity index (χ1v) is 18.0. The number of ether oxygens (including phenoxy) is 2. The number of aromatic nitrogens is 4. The molecule has 0 radical (unpaired) electrons. The van der Waals surface area contributed by atoms with E-state index >= 15 is 0 Å². The summed E-state index contributed by atoms with van der Waals surface area (Å²) in [6.07, 6.45) is 2.50. The maximum absolute atomic E-state index is 13.9. The quantitative estimate of drug-likeness (QED) is 0.0922. The van der Waals surface area contributed by atoms with Crippen molar-refractivity contribution in [1.29, 1.82) is 0 Å². The van der Waals surface area contributed by atoms with Crippen molar-refractivity contribution in [3.8, 4) is 0 Å². The van der Waals surface area contributed by atoms with Crippen LogP contribution in [0.5, 0.6) is 0 Å². The van der Waals surface area contributed by atoms with Crippen LogP contribution in [0.2, 0.25) is 0 Å². The molecule has 1 fully saturated rings. The van der Waals surface area contributed by atoms with Gasteiger partial charge in [-0.05, 0) is 79.5 Å². The maximum atomic E-state index is 13.9. The summed E-state index contributed by atoms with van der Waals surface area (Å²) in [5.74, 6) is -5.17. The molecule has 19 nitrogen and oxygen atoms in total. The van der Waals surface area contributed by atoms with Gasteiger partial charge in [-0.2, -0.15) is 8.42 Å². The Morgan fingerprint density at radius 3 is 2.33 bits per heavy atom. The minimum atomic E-state index is -5.08. The fourth-order valence-corrected chi connectivity index (χ4v) is 6.35. The molecular weight excluding hydrogens is 727 g/mol. The molecule has 1 aliphatic carbocycles. The van der Waals surface area contributed by atoms with Crippen LogP contribution >= 0.6 is 11.3 Å². The molecule has 0 bridgehead atoms. The number of thiazole rings is 1. The molecule has 282 valence electrons. The maximum Gasteiger partial charge on any atom is 0.413 e. The van der Waals surface area contributed by atoms with Gasteiger partial charge in [0.15, 0.2) is 22.4 Å². The van der Waals surface area contributed by atoms with Crippen LogP contribution in [0.1, 0.15) is 79.6 Å². The van der Waals surface area contributed by atoms with E-state index in [9.17, 15) is 42.0 Å². The summed E-state index contributed by atoms with van der Waals surface area (Å²) in [6, 6.07) is -1.33. The average Bonchev–Trinajstić information content (AvgIpc) is 3.64. The number of allylic oxidation sites excluding steroid dienone is 3. The molecule has 3 N–H and O–H groups in total. The SMILES string of the molecule is CC(C)(C)OC(=O)Nc1nc(/C(=N/OC(C)(C)C(=O)OC(C)(C)C)C(=O)C[C@@H]2C(=O)N(S(=O)(=O)O)[C@@H]2Cn2cc(C3=CC(=O)C(O)=CC3)nn2)cs1. The molecule has 1 saturated heterocycles. The number of hydrogen-bond acceptors (Lipinski definition) is 16. The minimum absolute atomic E-state index is 0.00812. The molecule has 4 rings (SSSR count). The Morgan fingerprint density at radius 1 is 1.08 bits per heavy atom. The largest absolute Gasteiger partial charge is 0.504 e. The number of Topliss-reactive ketones (excluding diaryl/α,β-unsaturated/α-hetero) is 1. The van der Waals surface area contributed by atoms with Crippen molar-refractivity contribution in [2.24, 2.45) is 11.1 Å². The Hall–Kier alpha value is -5.02. The number of aliphatic hydroxyl groups excluding tert-OH is 1. The number of carbonyl (C=O) groups is 5. The molecule has 1 aliphatic heterocycles. The molecule has 2 atom stereocenters. The topological polar surface area (TPSA) is 259 Å². The fraction of sp³-hybridized carbons (Fsp3) is 0.516. The lowest BCUT2D eigenvalue weighted by molar-refractivity contribution is -0.179. The monoisotopic (exact) mass is 765 g/mol. The minimum Gasteiger partial charge on any atom is -0.504 e. The van der Waals surface area contributed by atoms with Crippen molar-refractivity contribution in [3.05, 3.63) is 40.9 Å². The second-order valence-electron chi connectivity index (χ2n) is 14.3. The van der Waals surface area contributed by atoms with Crippen molar-refractivity contribution in [3.63, 3.8) is 0 Å². The second kappa shape index (κ2) is 14.5. The van der Waals surface area contributed by atoms with Gasteiger partial charge in [-0.25, -0.2) is 23.6 Å². The van der Waals surface area contributed by atoms with Crippen LogP contribution in [0.3, 0.4) is 0 Å². The number of amides is 2. The van der Waals surface area contributed by atoms with E-state index in [0.717, 1.165) is 11.3 Å². The van der Waals surface area contributed by atoms with Crippen molar-refractivity contribution in [2.75, 3.05) is 5.32 Å². The van der Waals surface area contributed by atoms with E-state index in [-0.39, 0.29) is 33.8 Å². The van der Waals surface area contributed by atoms with Gasteiger partial charge in [-0.15, -0.1) is 16.4 Å². The molecule has 2 aromatic rings. The highest BCUT2D eigenvalue weighted by Gasteiger charge is 2.54. The van der Waals surface area contributed by atoms with Gasteiger partial charge in [0, 0.05) is 11.8 Å². The number of ketones is 2. The molecule has 0 unspecified atom stereocenters. The van der Waals surface area contributed by atoms with Gasteiger partial charge < -0.3 is 19.4 Å². The van der Waals surface area contributed by atoms with Crippen molar-refractivity contribution < 1.29 is 56.4 Å². The van der Waals surface area contributed by atoms with Crippen LogP contribution in [0.25, 0.3) is 5.57 Å². The molecule has 0 spiro atoms. The van der Waals surface area contributed by atoms with E-state index in [1.807, 2.05) is 0 Å². The first-order chi connectivity index (χ1) is 23.8. The zero-order valence-electron chi connectivity index (χ0n) is 29.6. The number of hydrogen-bond donors (Lipinski definition) is 3. The summed E-state index contributed by atoms with van der Waals surface area (Å²) >= 11 is 0.904. The first-order valence-electron chi connectivity index (χ1n) is 15.7. The van der Waals surface area contributed by atoms with Crippen LogP contribution in [0.15, 0.2) is 34.6 Å². The summed E-state index contributed by atoms with van der Waals surface area (Å²) in [6.45, 7) is 12.3. The van der Waals surface area contributed by atoms with Crippen molar-refractivity contribution in [2.45, 2.75) is 97.6 Å². The zero-order chi connectivity index (χ0) is 39.0. The van der Waals surface area contributed by atoms with E-state index < -0.39 is 86.5 Å². The highest BCUT2D eigenvalue weighted by molar-refractivity contribution is 7.84. The number of anilines is 1. The molecule has 2 aliphatic rings. The predicted octanol–water partition coefficient (Wildman–Crippen LogP) is 3.01. The molecule has 0 saturated carbocycles. The Bertz CT molecular complexity index is 1980. The lowest BCUT2D eigenvalue weighted by atomic mass is 9.84. The van der Waals surface area contributed by atoms with E-state index in [0.29, 0.717) is 5.57 Å². The zero-order valence-corrected chi connectivity index (χ0v) is 31.2. The molecular formula is C31H39N7O12S2. The van der Waals surface area contributed by atoms with Crippen LogP contribution in [0, 0.1) is 5.92 Å². The number of carbonyl (C=O) groups excluding carboxylic acids is 5. The number of nitrogens with zero attached hydrogens (tertiary/aromatic N) is 6.